The number of halogens is 3. The number of hydrogen-bond donors (Lipinski definition) is 0. The minimum absolute atomic E-state index is 0.0628. The molecule has 0 unspecified atom stereocenters. The fourth-order valence-electron chi connectivity index (χ4n) is 0.747. The highest BCUT2D eigenvalue weighted by Gasteiger charge is 2.26. The van der Waals surface area contributed by atoms with Crippen molar-refractivity contribution in [2.75, 3.05) is 20.1 Å². The lowest BCUT2D eigenvalue weighted by Crippen LogP contribution is -2.24. The number of alkyl halides is 3. The Bertz CT molecular complexity index is 168. The quantitative estimate of drug-likeness (QED) is 0.623. The second kappa shape index (κ2) is 5.27. The van der Waals surface area contributed by atoms with E-state index in [0.717, 1.165) is 5.57 Å². The topological polar surface area (TPSA) is 3.24 Å². The lowest BCUT2D eigenvalue weighted by atomic mass is 10.3. The molecule has 0 aromatic heterocycles. The third-order valence-corrected chi connectivity index (χ3v) is 1.59. The summed E-state index contributed by atoms with van der Waals surface area (Å²) < 4.78 is 35.3. The Morgan fingerprint density at radius 2 is 1.85 bits per heavy atom. The molecule has 0 saturated heterocycles. The molecule has 0 bridgehead atoms. The first kappa shape index (κ1) is 12.5. The van der Waals surface area contributed by atoms with Crippen molar-refractivity contribution in [1.29, 1.82) is 0 Å². The van der Waals surface area contributed by atoms with Crippen LogP contribution >= 0.6 is 0 Å². The minimum Gasteiger partial charge on any atom is -0.302 e. The molecule has 0 aliphatic carbocycles. The largest absolute Gasteiger partial charge is 0.390 e. The number of allylic oxidation sites excluding steroid dienone is 1. The maximum absolute atomic E-state index is 11.8. The Morgan fingerprint density at radius 3 is 2.23 bits per heavy atom. The zero-order chi connectivity index (χ0) is 10.5. The zero-order valence-electron chi connectivity index (χ0n) is 8.28. The van der Waals surface area contributed by atoms with E-state index < -0.39 is 12.6 Å². The highest BCUT2D eigenvalue weighted by atomic mass is 19.4. The van der Waals surface area contributed by atoms with Gasteiger partial charge in [0.1, 0.15) is 0 Å². The van der Waals surface area contributed by atoms with Gasteiger partial charge in [0.2, 0.25) is 0 Å². The summed E-state index contributed by atoms with van der Waals surface area (Å²) in [7, 11) is 1.69. The molecule has 13 heavy (non-hydrogen) atoms. The van der Waals surface area contributed by atoms with Gasteiger partial charge < -0.3 is 4.90 Å². The van der Waals surface area contributed by atoms with E-state index in [9.17, 15) is 13.2 Å². The second-order valence-electron chi connectivity index (χ2n) is 3.41. The molecule has 1 nitrogen and oxygen atoms in total. The summed E-state index contributed by atoms with van der Waals surface area (Å²) >= 11 is 0. The first-order chi connectivity index (χ1) is 5.81. The van der Waals surface area contributed by atoms with Crippen LogP contribution in [0.25, 0.3) is 0 Å². The Hall–Kier alpha value is -0.510. The molecule has 4 heteroatoms. The molecule has 0 amide bonds. The van der Waals surface area contributed by atoms with Gasteiger partial charge in [0, 0.05) is 13.1 Å². The summed E-state index contributed by atoms with van der Waals surface area (Å²) in [5.74, 6) is 0. The SMILES string of the molecule is CC(C)=CCN(C)CCC(F)(F)F. The highest BCUT2D eigenvalue weighted by molar-refractivity contribution is 4.94. The summed E-state index contributed by atoms with van der Waals surface area (Å²) in [6, 6.07) is 0. The predicted octanol–water partition coefficient (Wildman–Crippen LogP) is 2.84. The van der Waals surface area contributed by atoms with Crippen LogP contribution in [0.1, 0.15) is 20.3 Å². The molecule has 0 spiro atoms. The summed E-state index contributed by atoms with van der Waals surface area (Å²) in [5.41, 5.74) is 1.12. The van der Waals surface area contributed by atoms with Gasteiger partial charge >= 0.3 is 6.18 Å². The van der Waals surface area contributed by atoms with E-state index in [1.807, 2.05) is 19.9 Å². The maximum atomic E-state index is 11.8. The van der Waals surface area contributed by atoms with Crippen LogP contribution in [-0.2, 0) is 0 Å². The van der Waals surface area contributed by atoms with Gasteiger partial charge in [-0.15, -0.1) is 0 Å². The third kappa shape index (κ3) is 9.40. The van der Waals surface area contributed by atoms with Crippen molar-refractivity contribution < 1.29 is 13.2 Å². The Morgan fingerprint density at radius 1 is 1.31 bits per heavy atom. The summed E-state index contributed by atoms with van der Waals surface area (Å²) in [4.78, 5) is 1.65. The molecular weight excluding hydrogens is 179 g/mol. The number of likely N-dealkylation sites (N-methyl/N-ethyl adjacent to an activating group) is 1. The lowest BCUT2D eigenvalue weighted by molar-refractivity contribution is -0.137. The fraction of sp³-hybridized carbons (Fsp3) is 0.778. The van der Waals surface area contributed by atoms with E-state index in [4.69, 9.17) is 0 Å². The molecule has 0 aromatic rings. The van der Waals surface area contributed by atoms with E-state index in [1.54, 1.807) is 11.9 Å². The number of hydrogen-bond acceptors (Lipinski definition) is 1. The van der Waals surface area contributed by atoms with E-state index in [0.29, 0.717) is 6.54 Å². The van der Waals surface area contributed by atoms with Crippen molar-refractivity contribution in [3.05, 3.63) is 11.6 Å². The van der Waals surface area contributed by atoms with Gasteiger partial charge in [-0.05, 0) is 20.9 Å². The van der Waals surface area contributed by atoms with Gasteiger partial charge in [0.15, 0.2) is 0 Å². The number of rotatable bonds is 4. The van der Waals surface area contributed by atoms with E-state index in [-0.39, 0.29) is 6.54 Å². The van der Waals surface area contributed by atoms with E-state index in [1.165, 1.54) is 0 Å². The van der Waals surface area contributed by atoms with E-state index in [2.05, 4.69) is 0 Å². The smallest absolute Gasteiger partial charge is 0.302 e. The first-order valence-corrected chi connectivity index (χ1v) is 4.20. The summed E-state index contributed by atoms with van der Waals surface area (Å²) in [6.07, 6.45) is -2.87. The Labute approximate surface area is 77.2 Å². The summed E-state index contributed by atoms with van der Waals surface area (Å²) in [5, 5.41) is 0. The van der Waals surface area contributed by atoms with Crippen LogP contribution in [0.4, 0.5) is 13.2 Å². The minimum atomic E-state index is -4.04. The molecular formula is C9H16F3N. The predicted molar refractivity (Wildman–Crippen MR) is 47.6 cm³/mol. The van der Waals surface area contributed by atoms with Crippen molar-refractivity contribution in [1.82, 2.24) is 4.90 Å². The molecule has 0 fully saturated rings. The van der Waals surface area contributed by atoms with Gasteiger partial charge in [0.05, 0.1) is 6.42 Å². The van der Waals surface area contributed by atoms with Gasteiger partial charge in [-0.25, -0.2) is 0 Å². The second-order valence-corrected chi connectivity index (χ2v) is 3.41. The van der Waals surface area contributed by atoms with Gasteiger partial charge in [-0.2, -0.15) is 13.2 Å². The molecule has 0 aliphatic heterocycles. The average Bonchev–Trinajstić information content (AvgIpc) is 1.95. The van der Waals surface area contributed by atoms with Crippen LogP contribution in [0, 0.1) is 0 Å². The van der Waals surface area contributed by atoms with Gasteiger partial charge in [0.25, 0.3) is 0 Å². The van der Waals surface area contributed by atoms with Crippen molar-refractivity contribution in [2.24, 2.45) is 0 Å². The van der Waals surface area contributed by atoms with Crippen LogP contribution in [-0.4, -0.2) is 31.2 Å². The lowest BCUT2D eigenvalue weighted by Gasteiger charge is -2.15. The molecule has 0 atom stereocenters. The van der Waals surface area contributed by atoms with Crippen LogP contribution in [0.15, 0.2) is 11.6 Å². The highest BCUT2D eigenvalue weighted by Crippen LogP contribution is 2.19. The van der Waals surface area contributed by atoms with Crippen molar-refractivity contribution >= 4 is 0 Å². The van der Waals surface area contributed by atoms with Gasteiger partial charge in [-0.1, -0.05) is 11.6 Å². The average molecular weight is 195 g/mol. The van der Waals surface area contributed by atoms with Crippen LogP contribution < -0.4 is 0 Å². The Kier molecular flexibility index (Phi) is 5.06. The van der Waals surface area contributed by atoms with Crippen LogP contribution in [0.2, 0.25) is 0 Å². The van der Waals surface area contributed by atoms with Gasteiger partial charge in [-0.3, -0.25) is 0 Å². The molecule has 78 valence electrons. The van der Waals surface area contributed by atoms with Crippen LogP contribution in [0.5, 0.6) is 0 Å². The maximum Gasteiger partial charge on any atom is 0.390 e. The van der Waals surface area contributed by atoms with Crippen molar-refractivity contribution in [3.8, 4) is 0 Å². The molecule has 0 saturated carbocycles. The number of nitrogens with zero attached hydrogens (tertiary/aromatic N) is 1. The van der Waals surface area contributed by atoms with Crippen LogP contribution in [0.3, 0.4) is 0 Å². The fourth-order valence-corrected chi connectivity index (χ4v) is 0.747. The normalized spacial score (nSPS) is 11.9. The molecule has 0 N–H and O–H groups in total. The molecule has 0 radical (unpaired) electrons. The zero-order valence-corrected chi connectivity index (χ0v) is 8.28. The molecule has 0 aliphatic rings. The molecule has 0 heterocycles. The summed E-state index contributed by atoms with van der Waals surface area (Å²) in [6.45, 7) is 4.50. The molecule has 0 aromatic carbocycles. The monoisotopic (exact) mass is 195 g/mol. The molecule has 0 rings (SSSR count). The van der Waals surface area contributed by atoms with E-state index >= 15 is 0 Å². The van der Waals surface area contributed by atoms with Crippen molar-refractivity contribution in [3.63, 3.8) is 0 Å². The standard InChI is InChI=1S/C9H16F3N/c1-8(2)4-6-13(3)7-5-9(10,11)12/h4H,5-7H2,1-3H3. The van der Waals surface area contributed by atoms with Crippen molar-refractivity contribution in [2.45, 2.75) is 26.4 Å². The first-order valence-electron chi connectivity index (χ1n) is 4.20. The Balaban J connectivity index is 3.64. The third-order valence-electron chi connectivity index (χ3n) is 1.59.